The van der Waals surface area contributed by atoms with E-state index in [2.05, 4.69) is 58.4 Å². The molecule has 1 atom stereocenters. The van der Waals surface area contributed by atoms with Crippen molar-refractivity contribution in [2.75, 3.05) is 28.8 Å². The molecule has 164 valence electrons. The molecule has 0 spiro atoms. The van der Waals surface area contributed by atoms with Crippen LogP contribution in [0.1, 0.15) is 29.5 Å². The van der Waals surface area contributed by atoms with Crippen LogP contribution in [0.5, 0.6) is 0 Å². The number of nitrogens with one attached hydrogen (secondary N) is 1. The first-order valence-electron chi connectivity index (χ1n) is 10.5. The number of rotatable bonds is 6. The van der Waals surface area contributed by atoms with Crippen molar-refractivity contribution in [1.29, 1.82) is 0 Å². The maximum absolute atomic E-state index is 11.8. The Balaban J connectivity index is 1.56. The first-order chi connectivity index (χ1) is 14.7. The first kappa shape index (κ1) is 21.4. The lowest BCUT2D eigenvalue weighted by molar-refractivity contribution is 0.591. The molecule has 2 heterocycles. The van der Waals surface area contributed by atoms with E-state index < -0.39 is 9.84 Å². The largest absolute Gasteiger partial charge is 0.367 e. The highest BCUT2D eigenvalue weighted by Gasteiger charge is 2.28. The molecule has 0 radical (unpaired) electrons. The van der Waals surface area contributed by atoms with Gasteiger partial charge in [0, 0.05) is 30.2 Å². The summed E-state index contributed by atoms with van der Waals surface area (Å²) in [5.74, 6) is 0.704. The van der Waals surface area contributed by atoms with Crippen LogP contribution in [0, 0.1) is 20.8 Å². The van der Waals surface area contributed by atoms with Gasteiger partial charge < -0.3 is 10.2 Å². The van der Waals surface area contributed by atoms with Crippen LogP contribution in [-0.4, -0.2) is 47.8 Å². The summed E-state index contributed by atoms with van der Waals surface area (Å²) >= 11 is 0. The van der Waals surface area contributed by atoms with Crippen LogP contribution in [0.3, 0.4) is 0 Å². The molecule has 0 aliphatic carbocycles. The molecule has 0 amide bonds. The highest BCUT2D eigenvalue weighted by atomic mass is 32.2. The zero-order valence-corrected chi connectivity index (χ0v) is 19.3. The monoisotopic (exact) mass is 439 g/mol. The average molecular weight is 440 g/mol. The van der Waals surface area contributed by atoms with Crippen LogP contribution in [-0.2, 0) is 9.84 Å². The summed E-state index contributed by atoms with van der Waals surface area (Å²) in [6, 6.07) is 12.5. The molecule has 3 aromatic rings. The van der Waals surface area contributed by atoms with Crippen molar-refractivity contribution in [3.8, 4) is 5.69 Å². The van der Waals surface area contributed by atoms with Gasteiger partial charge in [-0.3, -0.25) is 0 Å². The van der Waals surface area contributed by atoms with Gasteiger partial charge in [-0.15, -0.1) is 5.10 Å². The molecule has 1 N–H and O–H groups in total. The average Bonchev–Trinajstić information content (AvgIpc) is 3.28. The van der Waals surface area contributed by atoms with Gasteiger partial charge in [-0.2, -0.15) is 4.98 Å². The normalized spacial score (nSPS) is 16.6. The highest BCUT2D eigenvalue weighted by Crippen LogP contribution is 2.30. The van der Waals surface area contributed by atoms with Crippen molar-refractivity contribution in [2.24, 2.45) is 0 Å². The van der Waals surface area contributed by atoms with Crippen molar-refractivity contribution in [2.45, 2.75) is 39.7 Å². The first-order valence-corrected chi connectivity index (χ1v) is 12.6. The Morgan fingerprint density at radius 1 is 1.00 bits per heavy atom. The molecule has 0 bridgehead atoms. The molecule has 1 fully saturated rings. The van der Waals surface area contributed by atoms with E-state index in [0.29, 0.717) is 5.95 Å². The summed E-state index contributed by atoms with van der Waals surface area (Å²) in [7, 11) is -3.03. The quantitative estimate of drug-likeness (QED) is 0.626. The van der Waals surface area contributed by atoms with E-state index in [0.717, 1.165) is 42.0 Å². The fourth-order valence-electron chi connectivity index (χ4n) is 4.36. The molecule has 4 rings (SSSR count). The second-order valence-corrected chi connectivity index (χ2v) is 10.8. The predicted octanol–water partition coefficient (Wildman–Crippen LogP) is 3.95. The van der Waals surface area contributed by atoms with E-state index in [9.17, 15) is 8.42 Å². The molecule has 1 unspecified atom stereocenters. The van der Waals surface area contributed by atoms with Gasteiger partial charge in [-0.25, -0.2) is 13.1 Å². The fourth-order valence-corrected chi connectivity index (χ4v) is 5.40. The van der Waals surface area contributed by atoms with Gasteiger partial charge in [-0.05, 0) is 80.6 Å². The maximum Gasteiger partial charge on any atom is 0.246 e. The predicted molar refractivity (Wildman–Crippen MR) is 125 cm³/mol. The van der Waals surface area contributed by atoms with Gasteiger partial charge in [0.2, 0.25) is 5.95 Å². The van der Waals surface area contributed by atoms with Crippen LogP contribution >= 0.6 is 0 Å². The highest BCUT2D eigenvalue weighted by molar-refractivity contribution is 7.90. The summed E-state index contributed by atoms with van der Waals surface area (Å²) < 4.78 is 25.5. The van der Waals surface area contributed by atoms with Crippen LogP contribution in [0.15, 0.2) is 42.7 Å². The van der Waals surface area contributed by atoms with E-state index in [1.54, 1.807) is 11.0 Å². The van der Waals surface area contributed by atoms with E-state index in [4.69, 9.17) is 0 Å². The maximum atomic E-state index is 11.8. The van der Waals surface area contributed by atoms with E-state index in [1.165, 1.54) is 17.4 Å². The van der Waals surface area contributed by atoms with Crippen molar-refractivity contribution < 1.29 is 8.42 Å². The number of anilines is 3. The van der Waals surface area contributed by atoms with Crippen molar-refractivity contribution >= 4 is 27.2 Å². The Morgan fingerprint density at radius 2 is 1.68 bits per heavy atom. The summed E-state index contributed by atoms with van der Waals surface area (Å²) in [6.45, 7) is 7.03. The van der Waals surface area contributed by atoms with E-state index >= 15 is 0 Å². The molecule has 1 aliphatic heterocycles. The van der Waals surface area contributed by atoms with Crippen molar-refractivity contribution in [1.82, 2.24) is 14.8 Å². The summed E-state index contributed by atoms with van der Waals surface area (Å²) in [6.07, 6.45) is 4.91. The third-order valence-electron chi connectivity index (χ3n) is 5.49. The zero-order valence-electron chi connectivity index (χ0n) is 18.5. The number of aryl methyl sites for hydroxylation is 3. The topological polar surface area (TPSA) is 80.1 Å². The number of aromatic nitrogens is 3. The summed E-state index contributed by atoms with van der Waals surface area (Å²) in [4.78, 5) is 6.62. The number of sulfone groups is 1. The molecular weight excluding hydrogens is 410 g/mol. The lowest BCUT2D eigenvalue weighted by atomic mass is 10.1. The second-order valence-electron chi connectivity index (χ2n) is 8.62. The van der Waals surface area contributed by atoms with Crippen LogP contribution in [0.25, 0.3) is 5.69 Å². The lowest BCUT2D eigenvalue weighted by Crippen LogP contribution is -2.34. The standard InChI is InChI=1S/C23H29N5O2S/c1-16-8-17(2)12-22(11-16)28-15-24-23(26-28)25-19-9-18(3)10-21(13-19)27-7-5-6-20(27)14-31(4,29)30/h8-13,15,20H,5-7,14H2,1-4H3,(H,25,26). The number of hydrogen-bond donors (Lipinski definition) is 1. The Morgan fingerprint density at radius 3 is 2.39 bits per heavy atom. The molecule has 1 aliphatic rings. The van der Waals surface area contributed by atoms with Crippen LogP contribution in [0.4, 0.5) is 17.3 Å². The molecule has 2 aromatic carbocycles. The fraction of sp³-hybridized carbons (Fsp3) is 0.391. The van der Waals surface area contributed by atoms with Gasteiger partial charge in [-0.1, -0.05) is 6.07 Å². The Hall–Kier alpha value is -2.87. The number of benzene rings is 2. The van der Waals surface area contributed by atoms with E-state index in [-0.39, 0.29) is 11.8 Å². The third-order valence-corrected chi connectivity index (χ3v) is 6.48. The molecule has 1 aromatic heterocycles. The van der Waals surface area contributed by atoms with E-state index in [1.807, 2.05) is 19.1 Å². The Bertz CT molecular complexity index is 1180. The minimum Gasteiger partial charge on any atom is -0.367 e. The van der Waals surface area contributed by atoms with Crippen LogP contribution in [0.2, 0.25) is 0 Å². The third kappa shape index (κ3) is 5.25. The smallest absolute Gasteiger partial charge is 0.246 e. The number of nitrogens with zero attached hydrogens (tertiary/aromatic N) is 4. The summed E-state index contributed by atoms with van der Waals surface area (Å²) in [5.41, 5.74) is 6.35. The molecule has 8 heteroatoms. The van der Waals surface area contributed by atoms with Gasteiger partial charge in [0.05, 0.1) is 11.4 Å². The summed E-state index contributed by atoms with van der Waals surface area (Å²) in [5, 5.41) is 7.88. The van der Waals surface area contributed by atoms with Gasteiger partial charge in [0.15, 0.2) is 0 Å². The molecular formula is C23H29N5O2S. The molecule has 0 saturated carbocycles. The SMILES string of the molecule is Cc1cc(Nc2ncn(-c3cc(C)cc(C)c3)n2)cc(N2CCCC2CS(C)(=O)=O)c1. The number of hydrogen-bond acceptors (Lipinski definition) is 6. The molecule has 31 heavy (non-hydrogen) atoms. The zero-order chi connectivity index (χ0) is 22.2. The Labute approximate surface area is 184 Å². The minimum atomic E-state index is -3.03. The van der Waals surface area contributed by atoms with Gasteiger partial charge >= 0.3 is 0 Å². The lowest BCUT2D eigenvalue weighted by Gasteiger charge is -2.27. The molecule has 7 nitrogen and oxygen atoms in total. The van der Waals surface area contributed by atoms with Crippen LogP contribution < -0.4 is 10.2 Å². The van der Waals surface area contributed by atoms with Crippen molar-refractivity contribution in [3.63, 3.8) is 0 Å². The van der Waals surface area contributed by atoms with Gasteiger partial charge in [0.1, 0.15) is 16.2 Å². The Kier molecular flexibility index (Phi) is 5.75. The van der Waals surface area contributed by atoms with Gasteiger partial charge in [0.25, 0.3) is 0 Å². The second kappa shape index (κ2) is 8.34. The minimum absolute atomic E-state index is 0.0199. The molecule has 1 saturated heterocycles. The van der Waals surface area contributed by atoms with Crippen molar-refractivity contribution in [3.05, 3.63) is 59.4 Å².